The lowest BCUT2D eigenvalue weighted by atomic mass is 9.84. The quantitative estimate of drug-likeness (QED) is 0.640. The molecule has 2 aromatic carbocycles. The summed E-state index contributed by atoms with van der Waals surface area (Å²) in [6.07, 6.45) is 4.74. The van der Waals surface area contributed by atoms with Crippen molar-refractivity contribution < 1.29 is 19.0 Å². The molecule has 7 nitrogen and oxygen atoms in total. The fourth-order valence-corrected chi connectivity index (χ4v) is 5.09. The first-order chi connectivity index (χ1) is 16.1. The average Bonchev–Trinajstić information content (AvgIpc) is 3.27. The Hall–Kier alpha value is -3.61. The highest BCUT2D eigenvalue weighted by Crippen LogP contribution is 2.44. The van der Waals surface area contributed by atoms with E-state index in [2.05, 4.69) is 40.3 Å². The molecule has 2 aliphatic heterocycles. The van der Waals surface area contributed by atoms with E-state index in [-0.39, 0.29) is 11.4 Å². The molecule has 3 heterocycles. The van der Waals surface area contributed by atoms with Crippen LogP contribution in [0.15, 0.2) is 54.7 Å². The Morgan fingerprint density at radius 2 is 1.67 bits per heavy atom. The molecule has 172 valence electrons. The molecule has 1 aromatic heterocycles. The minimum absolute atomic E-state index is 0.00230. The van der Waals surface area contributed by atoms with Crippen molar-refractivity contribution in [2.45, 2.75) is 24.8 Å². The molecule has 0 saturated carbocycles. The van der Waals surface area contributed by atoms with E-state index in [1.54, 1.807) is 39.5 Å². The molecule has 33 heavy (non-hydrogen) atoms. The second-order valence-electron chi connectivity index (χ2n) is 8.60. The highest BCUT2D eigenvalue weighted by molar-refractivity contribution is 5.95. The third kappa shape index (κ3) is 3.67. The van der Waals surface area contributed by atoms with Crippen molar-refractivity contribution in [2.24, 2.45) is 0 Å². The predicted molar refractivity (Wildman–Crippen MR) is 127 cm³/mol. The predicted octanol–water partition coefficient (Wildman–Crippen LogP) is 4.45. The molecule has 0 radical (unpaired) electrons. The second kappa shape index (κ2) is 8.39. The summed E-state index contributed by atoms with van der Waals surface area (Å²) in [5, 5.41) is 3.83. The molecular formula is C26H29N3O4. The number of benzene rings is 2. The highest BCUT2D eigenvalue weighted by atomic mass is 16.5. The summed E-state index contributed by atoms with van der Waals surface area (Å²) < 4.78 is 18.4. The Balaban J connectivity index is 1.43. The third-order valence-corrected chi connectivity index (χ3v) is 6.80. The Morgan fingerprint density at radius 1 is 0.909 bits per heavy atom. The second-order valence-corrected chi connectivity index (χ2v) is 8.60. The molecule has 1 fully saturated rings. The van der Waals surface area contributed by atoms with Gasteiger partial charge in [0.2, 0.25) is 0 Å². The summed E-state index contributed by atoms with van der Waals surface area (Å²) in [5.74, 6) is 2.05. The molecular weight excluding hydrogens is 418 g/mol. The molecule has 2 aliphatic rings. The van der Waals surface area contributed by atoms with E-state index >= 15 is 0 Å². The SMILES string of the molecule is COc1cc(OC)cc(C(=O)N2CCCC3(CC2)Nc2cc(OC)ccc2-n2cccc23)c1. The number of amides is 1. The standard InChI is InChI=1S/C26H29N3O4/c1-31-19-7-8-23-22(17-19)27-26(24-6-4-12-29(23)24)9-5-11-28(13-10-26)25(30)18-14-20(32-2)16-21(15-18)33-3/h4,6-8,12,14-17,27H,5,9-11,13H2,1-3H3. The molecule has 5 rings (SSSR count). The van der Waals surface area contributed by atoms with E-state index in [4.69, 9.17) is 14.2 Å². The molecule has 7 heteroatoms. The van der Waals surface area contributed by atoms with Gasteiger partial charge in [0.1, 0.15) is 17.2 Å². The minimum atomic E-state index is -0.246. The lowest BCUT2D eigenvalue weighted by molar-refractivity contribution is 0.0758. The van der Waals surface area contributed by atoms with Crippen LogP contribution in [0.2, 0.25) is 0 Å². The molecule has 0 aliphatic carbocycles. The van der Waals surface area contributed by atoms with Crippen LogP contribution >= 0.6 is 0 Å². The summed E-state index contributed by atoms with van der Waals surface area (Å²) in [7, 11) is 4.87. The zero-order chi connectivity index (χ0) is 23.0. The van der Waals surface area contributed by atoms with Gasteiger partial charge in [-0.1, -0.05) is 0 Å². The van der Waals surface area contributed by atoms with Gasteiger partial charge in [0.05, 0.1) is 38.2 Å². The van der Waals surface area contributed by atoms with E-state index in [0.717, 1.165) is 36.4 Å². The lowest BCUT2D eigenvalue weighted by Gasteiger charge is -2.40. The van der Waals surface area contributed by atoms with E-state index in [0.29, 0.717) is 30.2 Å². The van der Waals surface area contributed by atoms with Gasteiger partial charge in [-0.25, -0.2) is 0 Å². The smallest absolute Gasteiger partial charge is 0.254 e. The first kappa shape index (κ1) is 21.2. The van der Waals surface area contributed by atoms with Crippen molar-refractivity contribution in [3.63, 3.8) is 0 Å². The summed E-state index contributed by atoms with van der Waals surface area (Å²) in [6, 6.07) is 15.7. The van der Waals surface area contributed by atoms with Crippen molar-refractivity contribution in [3.05, 3.63) is 66.0 Å². The molecule has 1 saturated heterocycles. The number of nitrogens with one attached hydrogen (secondary N) is 1. The maximum Gasteiger partial charge on any atom is 0.254 e. The van der Waals surface area contributed by atoms with Crippen LogP contribution in [-0.4, -0.2) is 49.8 Å². The van der Waals surface area contributed by atoms with Gasteiger partial charge in [0, 0.05) is 42.7 Å². The van der Waals surface area contributed by atoms with Crippen molar-refractivity contribution in [1.82, 2.24) is 9.47 Å². The first-order valence-electron chi connectivity index (χ1n) is 11.2. The summed E-state index contributed by atoms with van der Waals surface area (Å²) in [4.78, 5) is 15.4. The van der Waals surface area contributed by atoms with E-state index in [1.165, 1.54) is 5.69 Å². The zero-order valence-corrected chi connectivity index (χ0v) is 19.3. The number of likely N-dealkylation sites (tertiary alicyclic amines) is 1. The van der Waals surface area contributed by atoms with Crippen LogP contribution < -0.4 is 19.5 Å². The van der Waals surface area contributed by atoms with Gasteiger partial charge in [0.25, 0.3) is 5.91 Å². The maximum atomic E-state index is 13.4. The number of anilines is 1. The number of carbonyl (C=O) groups is 1. The average molecular weight is 448 g/mol. The van der Waals surface area contributed by atoms with Crippen LogP contribution in [0.5, 0.6) is 17.2 Å². The number of rotatable bonds is 4. The van der Waals surface area contributed by atoms with E-state index in [1.807, 2.05) is 11.0 Å². The number of methoxy groups -OCH3 is 3. The van der Waals surface area contributed by atoms with Gasteiger partial charge in [-0.15, -0.1) is 0 Å². The molecule has 1 spiro atoms. The third-order valence-electron chi connectivity index (χ3n) is 6.80. The maximum absolute atomic E-state index is 13.4. The number of hydrogen-bond acceptors (Lipinski definition) is 5. The van der Waals surface area contributed by atoms with Crippen LogP contribution in [-0.2, 0) is 5.54 Å². The summed E-state index contributed by atoms with van der Waals surface area (Å²) >= 11 is 0. The molecule has 1 unspecified atom stereocenters. The number of fused-ring (bicyclic) bond motifs is 4. The van der Waals surface area contributed by atoms with Gasteiger partial charge in [-0.05, 0) is 55.7 Å². The van der Waals surface area contributed by atoms with Crippen LogP contribution in [0.1, 0.15) is 35.3 Å². The number of ether oxygens (including phenoxy) is 3. The summed E-state index contributed by atoms with van der Waals surface area (Å²) in [6.45, 7) is 1.35. The fraction of sp³-hybridized carbons (Fsp3) is 0.346. The van der Waals surface area contributed by atoms with Crippen molar-refractivity contribution in [3.8, 4) is 22.9 Å². The van der Waals surface area contributed by atoms with Crippen molar-refractivity contribution >= 4 is 11.6 Å². The monoisotopic (exact) mass is 447 g/mol. The summed E-state index contributed by atoms with van der Waals surface area (Å²) in [5.41, 5.74) is 3.73. The Bertz CT molecular complexity index is 1170. The molecule has 0 bridgehead atoms. The molecule has 3 aromatic rings. The molecule has 1 N–H and O–H groups in total. The van der Waals surface area contributed by atoms with Crippen LogP contribution in [0.3, 0.4) is 0 Å². The Kier molecular flexibility index (Phi) is 5.40. The molecule has 1 atom stereocenters. The van der Waals surface area contributed by atoms with Crippen LogP contribution in [0.4, 0.5) is 5.69 Å². The van der Waals surface area contributed by atoms with Gasteiger partial charge in [-0.2, -0.15) is 0 Å². The van der Waals surface area contributed by atoms with Crippen molar-refractivity contribution in [2.75, 3.05) is 39.7 Å². The minimum Gasteiger partial charge on any atom is -0.497 e. The van der Waals surface area contributed by atoms with Crippen LogP contribution in [0, 0.1) is 0 Å². The lowest BCUT2D eigenvalue weighted by Crippen LogP contribution is -2.41. The Morgan fingerprint density at radius 3 is 2.39 bits per heavy atom. The fourth-order valence-electron chi connectivity index (χ4n) is 5.09. The number of carbonyl (C=O) groups excluding carboxylic acids is 1. The van der Waals surface area contributed by atoms with Crippen LogP contribution in [0.25, 0.3) is 5.69 Å². The number of hydrogen-bond donors (Lipinski definition) is 1. The number of aromatic nitrogens is 1. The van der Waals surface area contributed by atoms with Gasteiger partial charge >= 0.3 is 0 Å². The Labute approximate surface area is 193 Å². The van der Waals surface area contributed by atoms with Crippen molar-refractivity contribution in [1.29, 1.82) is 0 Å². The first-order valence-corrected chi connectivity index (χ1v) is 11.2. The van der Waals surface area contributed by atoms with E-state index in [9.17, 15) is 4.79 Å². The normalized spacial score (nSPS) is 19.2. The largest absolute Gasteiger partial charge is 0.497 e. The highest BCUT2D eigenvalue weighted by Gasteiger charge is 2.41. The van der Waals surface area contributed by atoms with Gasteiger partial charge in [0.15, 0.2) is 0 Å². The van der Waals surface area contributed by atoms with E-state index < -0.39 is 0 Å². The van der Waals surface area contributed by atoms with Gasteiger partial charge < -0.3 is 29.0 Å². The molecule has 1 amide bonds. The topological polar surface area (TPSA) is 65.0 Å². The van der Waals surface area contributed by atoms with Gasteiger partial charge in [-0.3, -0.25) is 4.79 Å². The zero-order valence-electron chi connectivity index (χ0n) is 19.3. The number of nitrogens with zero attached hydrogens (tertiary/aromatic N) is 2.